The molecule has 2 aliphatic rings. The van der Waals surface area contributed by atoms with Crippen molar-refractivity contribution in [3.05, 3.63) is 30.3 Å². The molecule has 9 heteroatoms. The summed E-state index contributed by atoms with van der Waals surface area (Å²) in [5.74, 6) is -3.51. The first-order valence-electron chi connectivity index (χ1n) is 7.49. The molecule has 7 nitrogen and oxygen atoms in total. The number of thioether (sulfide) groups is 1. The second kappa shape index (κ2) is 7.28. The fourth-order valence-electron chi connectivity index (χ4n) is 3.21. The fourth-order valence-corrected chi connectivity index (χ4v) is 4.93. The van der Waals surface area contributed by atoms with Crippen molar-refractivity contribution < 1.29 is 54.2 Å². The Balaban J connectivity index is 0.00000225. The summed E-state index contributed by atoms with van der Waals surface area (Å²) in [6.07, 6.45) is -1.54. The molecule has 2 amide bonds. The van der Waals surface area contributed by atoms with E-state index in [4.69, 9.17) is 0 Å². The maximum Gasteiger partial charge on any atom is 1.00 e. The zero-order valence-electron chi connectivity index (χ0n) is 14.1. The quantitative estimate of drug-likeness (QED) is 0.418. The molecule has 2 saturated heterocycles. The Morgan fingerprint density at radius 1 is 1.32 bits per heavy atom. The van der Waals surface area contributed by atoms with Gasteiger partial charge in [-0.1, -0.05) is 18.2 Å². The van der Waals surface area contributed by atoms with Gasteiger partial charge in [0, 0.05) is 10.4 Å². The normalized spacial score (nSPS) is 27.6. The number of carboxylic acids is 1. The Labute approximate surface area is 171 Å². The molecule has 0 spiro atoms. The molecular formula is C16H17N2NaO5S. The van der Waals surface area contributed by atoms with Gasteiger partial charge < -0.3 is 25.2 Å². The van der Waals surface area contributed by atoms with E-state index in [1.54, 1.807) is 44.2 Å². The number of rotatable bonds is 4. The summed E-state index contributed by atoms with van der Waals surface area (Å²) < 4.78 is -0.746. The fraction of sp³-hybridized carbons (Fsp3) is 0.438. The number of amides is 2. The molecule has 4 atom stereocenters. The maximum atomic E-state index is 12.3. The number of hydrogen-bond acceptors (Lipinski definition) is 6. The van der Waals surface area contributed by atoms with Gasteiger partial charge in [0.05, 0.1) is 17.4 Å². The van der Waals surface area contributed by atoms with Crippen LogP contribution in [0, 0.1) is 5.92 Å². The number of nitrogens with one attached hydrogen (secondary N) is 1. The van der Waals surface area contributed by atoms with Gasteiger partial charge in [0.2, 0.25) is 5.91 Å². The second-order valence-corrected chi connectivity index (χ2v) is 8.18. The number of carbonyl (C=O) groups excluding carboxylic acids is 3. The standard InChI is InChI=1S/C16H18N2O5S.Na/c1-16(2)11(15(22)23)18-13(21)9(14(18)24-16)10(19)12(20)17-8-6-4-3-5-7-8;/h3-7,9-11,14,19H,1-2H3,(H,17,20)(H,22,23);/q;+1/p-1/t9-,10+,11+,14-;/m1./s1. The molecule has 128 valence electrons. The Kier molecular flexibility index (Phi) is 5.90. The first-order valence-corrected chi connectivity index (χ1v) is 8.37. The van der Waals surface area contributed by atoms with E-state index in [2.05, 4.69) is 5.32 Å². The van der Waals surface area contributed by atoms with Crippen molar-refractivity contribution in [3.63, 3.8) is 0 Å². The number of nitrogens with zero attached hydrogens (tertiary/aromatic N) is 1. The molecule has 2 aliphatic heterocycles. The van der Waals surface area contributed by atoms with Crippen molar-refractivity contribution in [2.24, 2.45) is 5.92 Å². The van der Waals surface area contributed by atoms with Crippen LogP contribution in [-0.4, -0.2) is 50.1 Å². The molecular weight excluding hydrogens is 355 g/mol. The monoisotopic (exact) mass is 372 g/mol. The number of fused-ring (bicyclic) bond motifs is 1. The van der Waals surface area contributed by atoms with Crippen LogP contribution in [-0.2, 0) is 14.4 Å². The van der Waals surface area contributed by atoms with E-state index in [-0.39, 0.29) is 29.6 Å². The van der Waals surface area contributed by atoms with Crippen LogP contribution >= 0.6 is 11.8 Å². The average molecular weight is 372 g/mol. The molecule has 0 radical (unpaired) electrons. The maximum absolute atomic E-state index is 12.3. The van der Waals surface area contributed by atoms with Crippen molar-refractivity contribution in [2.75, 3.05) is 5.32 Å². The minimum atomic E-state index is -1.54. The molecule has 2 N–H and O–H groups in total. The zero-order chi connectivity index (χ0) is 17.6. The predicted octanol–water partition coefficient (Wildman–Crippen LogP) is -3.58. The average Bonchev–Trinajstić information content (AvgIpc) is 2.76. The number of aliphatic carboxylic acids is 1. The van der Waals surface area contributed by atoms with Gasteiger partial charge in [0.15, 0.2) is 0 Å². The number of anilines is 1. The molecule has 0 bridgehead atoms. The van der Waals surface area contributed by atoms with E-state index >= 15 is 0 Å². The molecule has 0 unspecified atom stereocenters. The number of β-lactam (4-membered cyclic amide) rings is 1. The SMILES string of the molecule is CC1(C)S[C@@H]2[C@H]([C@H](O)C(=O)Nc3ccccc3)C(=O)N2[C@H]1C(=O)[O-].[Na+]. The van der Waals surface area contributed by atoms with Crippen LogP contribution in [0.4, 0.5) is 5.69 Å². The first kappa shape index (κ1) is 20.3. The van der Waals surface area contributed by atoms with Crippen LogP contribution in [0.25, 0.3) is 0 Å². The number of para-hydroxylation sites is 1. The van der Waals surface area contributed by atoms with Crippen molar-refractivity contribution in [1.29, 1.82) is 0 Å². The number of benzene rings is 1. The van der Waals surface area contributed by atoms with E-state index in [0.717, 1.165) is 0 Å². The largest absolute Gasteiger partial charge is 1.00 e. The molecule has 2 heterocycles. The Bertz CT molecular complexity index is 699. The van der Waals surface area contributed by atoms with Crippen molar-refractivity contribution in [2.45, 2.75) is 36.1 Å². The number of carbonyl (C=O) groups is 3. The summed E-state index contributed by atoms with van der Waals surface area (Å²) in [6, 6.07) is 7.52. The topological polar surface area (TPSA) is 110 Å². The molecule has 2 fully saturated rings. The van der Waals surface area contributed by atoms with Gasteiger partial charge in [-0.25, -0.2) is 0 Å². The minimum absolute atomic E-state index is 0. The zero-order valence-corrected chi connectivity index (χ0v) is 16.9. The van der Waals surface area contributed by atoms with E-state index in [1.807, 2.05) is 0 Å². The van der Waals surface area contributed by atoms with Gasteiger partial charge in [-0.05, 0) is 26.0 Å². The molecule has 1 aromatic rings. The van der Waals surface area contributed by atoms with E-state index < -0.39 is 46.0 Å². The third-order valence-corrected chi connectivity index (χ3v) is 5.95. The molecule has 0 aromatic heterocycles. The van der Waals surface area contributed by atoms with Crippen LogP contribution < -0.4 is 40.0 Å². The van der Waals surface area contributed by atoms with Gasteiger partial charge in [0.1, 0.15) is 12.0 Å². The van der Waals surface area contributed by atoms with Crippen LogP contribution in [0.1, 0.15) is 13.8 Å². The number of aliphatic hydroxyl groups excluding tert-OH is 1. The molecule has 0 saturated carbocycles. The van der Waals surface area contributed by atoms with Crippen LogP contribution in [0.2, 0.25) is 0 Å². The summed E-state index contributed by atoms with van der Waals surface area (Å²) in [7, 11) is 0. The molecule has 25 heavy (non-hydrogen) atoms. The van der Waals surface area contributed by atoms with Crippen molar-refractivity contribution >= 4 is 35.2 Å². The summed E-state index contributed by atoms with van der Waals surface area (Å²) in [4.78, 5) is 37.1. The van der Waals surface area contributed by atoms with Crippen molar-refractivity contribution in [3.8, 4) is 0 Å². The number of aliphatic hydroxyl groups is 1. The second-order valence-electron chi connectivity index (χ2n) is 6.40. The Morgan fingerprint density at radius 2 is 1.92 bits per heavy atom. The van der Waals surface area contributed by atoms with Crippen LogP contribution in [0.5, 0.6) is 0 Å². The number of carboxylic acid groups (broad SMARTS) is 1. The molecule has 3 rings (SSSR count). The summed E-state index contributed by atoms with van der Waals surface area (Å²) >= 11 is 1.26. The predicted molar refractivity (Wildman–Crippen MR) is 85.7 cm³/mol. The Hall–Kier alpha value is -1.06. The minimum Gasteiger partial charge on any atom is -0.548 e. The summed E-state index contributed by atoms with van der Waals surface area (Å²) in [6.45, 7) is 3.41. The van der Waals surface area contributed by atoms with Crippen molar-refractivity contribution in [1.82, 2.24) is 4.90 Å². The summed E-state index contributed by atoms with van der Waals surface area (Å²) in [5.41, 5.74) is 0.511. The number of hydrogen-bond donors (Lipinski definition) is 2. The molecule has 1 aromatic carbocycles. The van der Waals surface area contributed by atoms with E-state index in [1.165, 1.54) is 16.7 Å². The molecule has 0 aliphatic carbocycles. The smallest absolute Gasteiger partial charge is 0.548 e. The van der Waals surface area contributed by atoms with Crippen LogP contribution in [0.15, 0.2) is 30.3 Å². The van der Waals surface area contributed by atoms with Crippen LogP contribution in [0.3, 0.4) is 0 Å². The first-order chi connectivity index (χ1) is 11.2. The van der Waals surface area contributed by atoms with Gasteiger partial charge in [-0.2, -0.15) is 0 Å². The van der Waals surface area contributed by atoms with E-state index in [9.17, 15) is 24.6 Å². The third-order valence-electron chi connectivity index (χ3n) is 4.36. The van der Waals surface area contributed by atoms with Gasteiger partial charge >= 0.3 is 29.6 Å². The third kappa shape index (κ3) is 3.46. The van der Waals surface area contributed by atoms with E-state index in [0.29, 0.717) is 5.69 Å². The van der Waals surface area contributed by atoms with Gasteiger partial charge in [-0.3, -0.25) is 9.59 Å². The Morgan fingerprint density at radius 3 is 2.48 bits per heavy atom. The van der Waals surface area contributed by atoms with Gasteiger partial charge in [-0.15, -0.1) is 11.8 Å². The summed E-state index contributed by atoms with van der Waals surface area (Å²) in [5, 5.41) is 23.6. The van der Waals surface area contributed by atoms with Gasteiger partial charge in [0.25, 0.3) is 5.91 Å².